The Hall–Kier alpha value is -3.50. The number of primary amides is 1. The molecule has 8 nitrogen and oxygen atoms in total. The molecule has 4 aromatic rings. The van der Waals surface area contributed by atoms with Crippen molar-refractivity contribution in [2.75, 3.05) is 11.1 Å². The van der Waals surface area contributed by atoms with E-state index in [0.717, 1.165) is 38.8 Å². The lowest BCUT2D eigenvalue weighted by Gasteiger charge is -2.04. The van der Waals surface area contributed by atoms with Gasteiger partial charge in [0.05, 0.1) is 25.8 Å². The van der Waals surface area contributed by atoms with Crippen molar-refractivity contribution < 1.29 is 14.5 Å². The van der Waals surface area contributed by atoms with Crippen molar-refractivity contribution in [3.8, 4) is 0 Å². The number of rotatable bonds is 6. The first-order chi connectivity index (χ1) is 14.4. The summed E-state index contributed by atoms with van der Waals surface area (Å²) in [7, 11) is 0. The van der Waals surface area contributed by atoms with E-state index in [9.17, 15) is 19.7 Å². The van der Waals surface area contributed by atoms with Crippen LogP contribution >= 0.6 is 23.1 Å². The summed E-state index contributed by atoms with van der Waals surface area (Å²) < 4.78 is 0.953. The number of nitro benzene ring substituents is 1. The number of hydrogen-bond acceptors (Lipinski definition) is 7. The summed E-state index contributed by atoms with van der Waals surface area (Å²) in [5.74, 6) is -1.14. The highest BCUT2D eigenvalue weighted by Crippen LogP contribution is 2.33. The lowest BCUT2D eigenvalue weighted by atomic mass is 10.1. The van der Waals surface area contributed by atoms with Crippen LogP contribution in [0.3, 0.4) is 0 Å². The van der Waals surface area contributed by atoms with Crippen LogP contribution in [0, 0.1) is 10.1 Å². The van der Waals surface area contributed by atoms with E-state index in [1.165, 1.54) is 23.5 Å². The van der Waals surface area contributed by atoms with E-state index in [1.54, 1.807) is 0 Å². The number of nitrogens with one attached hydrogen (secondary N) is 1. The highest BCUT2D eigenvalue weighted by Gasteiger charge is 2.18. The maximum atomic E-state index is 12.4. The Bertz CT molecular complexity index is 1320. The molecule has 10 heteroatoms. The molecule has 0 atom stereocenters. The number of anilines is 1. The van der Waals surface area contributed by atoms with Gasteiger partial charge in [0.2, 0.25) is 11.8 Å². The molecule has 150 valence electrons. The van der Waals surface area contributed by atoms with Crippen molar-refractivity contribution in [1.29, 1.82) is 0 Å². The maximum Gasteiger partial charge on any atom is 0.283 e. The number of nitro groups is 1. The van der Waals surface area contributed by atoms with E-state index in [1.807, 2.05) is 36.4 Å². The second-order valence-corrected chi connectivity index (χ2v) is 8.34. The third-order valence-electron chi connectivity index (χ3n) is 4.33. The van der Waals surface area contributed by atoms with Gasteiger partial charge < -0.3 is 11.1 Å². The molecule has 0 spiro atoms. The highest BCUT2D eigenvalue weighted by molar-refractivity contribution is 8.00. The molecule has 0 fully saturated rings. The Morgan fingerprint density at radius 3 is 2.73 bits per heavy atom. The Balaban J connectivity index is 1.50. The summed E-state index contributed by atoms with van der Waals surface area (Å²) >= 11 is 2.37. The molecule has 3 aromatic carbocycles. The van der Waals surface area contributed by atoms with Crippen molar-refractivity contribution >= 4 is 66.7 Å². The summed E-state index contributed by atoms with van der Waals surface area (Å²) in [5.41, 5.74) is 5.76. The van der Waals surface area contributed by atoms with Gasteiger partial charge in [0.25, 0.3) is 5.69 Å². The standard InChI is InChI=1S/C20H14N4O4S2/c21-19(26)12-6-7-15(14(9-12)24(27)28)29-10-17(25)22-20-23-18-13-4-2-1-3-11(13)5-8-16(18)30-20/h1-9H,10H2,(H2,21,26)(H,22,23,25). The van der Waals surface area contributed by atoms with Gasteiger partial charge in [0.1, 0.15) is 0 Å². The normalized spacial score (nSPS) is 10.9. The number of aromatic nitrogens is 1. The average molecular weight is 438 g/mol. The van der Waals surface area contributed by atoms with Gasteiger partial charge in [-0.25, -0.2) is 4.98 Å². The molecule has 0 aliphatic rings. The Kier molecular flexibility index (Phi) is 5.34. The predicted octanol–water partition coefficient (Wildman–Crippen LogP) is 4.19. The molecule has 2 amide bonds. The maximum absolute atomic E-state index is 12.4. The molecule has 0 saturated heterocycles. The molecule has 1 heterocycles. The zero-order chi connectivity index (χ0) is 21.3. The minimum absolute atomic E-state index is 0.0391. The van der Waals surface area contributed by atoms with Crippen molar-refractivity contribution in [1.82, 2.24) is 4.98 Å². The van der Waals surface area contributed by atoms with Crippen LogP contribution in [0.4, 0.5) is 10.8 Å². The number of nitrogens with two attached hydrogens (primary N) is 1. The van der Waals surface area contributed by atoms with Gasteiger partial charge in [-0.1, -0.05) is 41.7 Å². The van der Waals surface area contributed by atoms with Crippen LogP contribution in [0.1, 0.15) is 10.4 Å². The summed E-state index contributed by atoms with van der Waals surface area (Å²) in [6.07, 6.45) is 0. The largest absolute Gasteiger partial charge is 0.366 e. The van der Waals surface area contributed by atoms with Gasteiger partial charge in [-0.15, -0.1) is 11.8 Å². The molecule has 0 saturated carbocycles. The number of amides is 2. The second kappa shape index (κ2) is 8.09. The van der Waals surface area contributed by atoms with E-state index in [0.29, 0.717) is 5.13 Å². The van der Waals surface area contributed by atoms with Crippen molar-refractivity contribution in [3.63, 3.8) is 0 Å². The monoisotopic (exact) mass is 438 g/mol. The summed E-state index contributed by atoms with van der Waals surface area (Å²) in [5, 5.41) is 16.6. The molecular formula is C20H14N4O4S2. The highest BCUT2D eigenvalue weighted by atomic mass is 32.2. The number of hydrogen-bond donors (Lipinski definition) is 2. The van der Waals surface area contributed by atoms with Crippen molar-refractivity contribution in [2.24, 2.45) is 5.73 Å². The number of thiazole rings is 1. The second-order valence-electron chi connectivity index (χ2n) is 6.29. The fraction of sp³-hybridized carbons (Fsp3) is 0.0500. The Morgan fingerprint density at radius 2 is 1.97 bits per heavy atom. The number of fused-ring (bicyclic) bond motifs is 3. The number of benzene rings is 3. The lowest BCUT2D eigenvalue weighted by Crippen LogP contribution is -2.14. The molecule has 1 aromatic heterocycles. The van der Waals surface area contributed by atoms with Crippen molar-refractivity contribution in [3.05, 3.63) is 70.3 Å². The molecular weight excluding hydrogens is 424 g/mol. The number of carbonyl (C=O) groups is 2. The molecule has 0 radical (unpaired) electrons. The third kappa shape index (κ3) is 3.95. The molecule has 4 rings (SSSR count). The quantitative estimate of drug-likeness (QED) is 0.264. The fourth-order valence-corrected chi connectivity index (χ4v) is 4.65. The van der Waals surface area contributed by atoms with Gasteiger partial charge in [-0.2, -0.15) is 0 Å². The van der Waals surface area contributed by atoms with Crippen molar-refractivity contribution in [2.45, 2.75) is 4.90 Å². The lowest BCUT2D eigenvalue weighted by molar-refractivity contribution is -0.387. The minimum Gasteiger partial charge on any atom is -0.366 e. The van der Waals surface area contributed by atoms with Gasteiger partial charge >= 0.3 is 0 Å². The fourth-order valence-electron chi connectivity index (χ4n) is 2.95. The molecule has 0 aliphatic heterocycles. The van der Waals surface area contributed by atoms with Crippen LogP contribution in [-0.4, -0.2) is 27.5 Å². The predicted molar refractivity (Wildman–Crippen MR) is 118 cm³/mol. The third-order valence-corrected chi connectivity index (χ3v) is 6.33. The van der Waals surface area contributed by atoms with E-state index in [4.69, 9.17) is 5.73 Å². The first-order valence-electron chi connectivity index (χ1n) is 8.71. The van der Waals surface area contributed by atoms with Crippen LogP contribution in [0.25, 0.3) is 21.0 Å². The van der Waals surface area contributed by atoms with E-state index in [-0.39, 0.29) is 27.8 Å². The van der Waals surface area contributed by atoms with Crippen LogP contribution < -0.4 is 11.1 Å². The number of nitrogens with zero attached hydrogens (tertiary/aromatic N) is 2. The average Bonchev–Trinajstić information content (AvgIpc) is 3.14. The van der Waals surface area contributed by atoms with E-state index in [2.05, 4.69) is 10.3 Å². The minimum atomic E-state index is -0.754. The smallest absolute Gasteiger partial charge is 0.283 e. The molecule has 0 bridgehead atoms. The van der Waals surface area contributed by atoms with Gasteiger partial charge in [-0.3, -0.25) is 19.7 Å². The van der Waals surface area contributed by atoms with Crippen LogP contribution in [0.2, 0.25) is 0 Å². The Labute approximate surface area is 178 Å². The van der Waals surface area contributed by atoms with Crippen LogP contribution in [0.5, 0.6) is 0 Å². The first kappa shape index (κ1) is 19.8. The van der Waals surface area contributed by atoms with Gasteiger partial charge in [0, 0.05) is 17.0 Å². The number of carbonyl (C=O) groups excluding carboxylic acids is 2. The van der Waals surface area contributed by atoms with E-state index >= 15 is 0 Å². The topological polar surface area (TPSA) is 128 Å². The van der Waals surface area contributed by atoms with Crippen LogP contribution in [0.15, 0.2) is 59.5 Å². The SMILES string of the molecule is NC(=O)c1ccc(SCC(=O)Nc2nc3c(ccc4ccccc43)s2)c([N+](=O)[O-])c1. The summed E-state index contributed by atoms with van der Waals surface area (Å²) in [6, 6.07) is 15.8. The zero-order valence-corrected chi connectivity index (χ0v) is 17.0. The molecule has 3 N–H and O–H groups in total. The van der Waals surface area contributed by atoms with E-state index < -0.39 is 10.8 Å². The number of thioether (sulfide) groups is 1. The van der Waals surface area contributed by atoms with Gasteiger partial charge in [0.15, 0.2) is 5.13 Å². The molecule has 0 unspecified atom stereocenters. The summed E-state index contributed by atoms with van der Waals surface area (Å²) in [6.45, 7) is 0. The summed E-state index contributed by atoms with van der Waals surface area (Å²) in [4.78, 5) is 39.1. The molecule has 0 aliphatic carbocycles. The first-order valence-corrected chi connectivity index (χ1v) is 10.5. The van der Waals surface area contributed by atoms with Crippen LogP contribution in [-0.2, 0) is 4.79 Å². The van der Waals surface area contributed by atoms with Gasteiger partial charge in [-0.05, 0) is 23.6 Å². The Morgan fingerprint density at radius 1 is 1.17 bits per heavy atom. The zero-order valence-electron chi connectivity index (χ0n) is 15.3. The molecule has 30 heavy (non-hydrogen) atoms.